The molecule has 5 aromatic rings. The predicted molar refractivity (Wildman–Crippen MR) is 132 cm³/mol. The van der Waals surface area contributed by atoms with Crippen LogP contribution in [-0.2, 0) is 6.42 Å². The zero-order valence-electron chi connectivity index (χ0n) is 18.9. The van der Waals surface area contributed by atoms with Gasteiger partial charge in [-0.05, 0) is 61.0 Å². The number of hydrogen-bond donors (Lipinski definition) is 2. The largest absolute Gasteiger partial charge is 0.438 e. The molecule has 0 spiro atoms. The lowest BCUT2D eigenvalue weighted by Gasteiger charge is -2.13. The summed E-state index contributed by atoms with van der Waals surface area (Å²) in [6.07, 6.45) is 6.00. The number of rotatable bonds is 6. The molecule has 2 aromatic carbocycles. The molecule has 0 aliphatic rings. The van der Waals surface area contributed by atoms with Gasteiger partial charge in [0.05, 0.1) is 22.3 Å². The van der Waals surface area contributed by atoms with Crippen molar-refractivity contribution in [2.75, 3.05) is 5.32 Å². The maximum absolute atomic E-state index is 12.9. The van der Waals surface area contributed by atoms with Crippen LogP contribution in [0.25, 0.3) is 22.2 Å². The average molecular weight is 450 g/mol. The van der Waals surface area contributed by atoms with Gasteiger partial charge in [-0.1, -0.05) is 19.1 Å². The highest BCUT2D eigenvalue weighted by atomic mass is 16.5. The number of amides is 1. The van der Waals surface area contributed by atoms with E-state index in [4.69, 9.17) is 4.74 Å². The molecule has 1 amide bonds. The van der Waals surface area contributed by atoms with E-state index in [2.05, 4.69) is 25.3 Å². The van der Waals surface area contributed by atoms with Gasteiger partial charge in [0.2, 0.25) is 5.88 Å². The number of nitrogens with one attached hydrogen (secondary N) is 2. The first-order valence-electron chi connectivity index (χ1n) is 11.1. The summed E-state index contributed by atoms with van der Waals surface area (Å²) in [5.41, 5.74) is 4.50. The summed E-state index contributed by atoms with van der Waals surface area (Å²) in [6, 6.07) is 18.7. The van der Waals surface area contributed by atoms with Crippen LogP contribution in [0.15, 0.2) is 79.3 Å². The Balaban J connectivity index is 1.38. The van der Waals surface area contributed by atoms with Gasteiger partial charge in [-0.15, -0.1) is 0 Å². The second-order valence-electron chi connectivity index (χ2n) is 7.85. The highest BCUT2D eigenvalue weighted by Crippen LogP contribution is 2.32. The number of hydrogen-bond acceptors (Lipinski definition) is 5. The van der Waals surface area contributed by atoms with Crippen molar-refractivity contribution < 1.29 is 9.53 Å². The van der Waals surface area contributed by atoms with Crippen LogP contribution in [0.4, 0.5) is 5.69 Å². The molecule has 7 nitrogen and oxygen atoms in total. The topological polar surface area (TPSA) is 92.8 Å². The van der Waals surface area contributed by atoms with E-state index in [1.54, 1.807) is 18.5 Å². The van der Waals surface area contributed by atoms with Crippen LogP contribution in [0.1, 0.15) is 28.7 Å². The summed E-state index contributed by atoms with van der Waals surface area (Å²) in [5, 5.41) is 3.97. The maximum Gasteiger partial charge on any atom is 0.257 e. The number of fused-ring (bicyclic) bond motifs is 1. The van der Waals surface area contributed by atoms with Gasteiger partial charge in [0.15, 0.2) is 0 Å². The third-order valence-electron chi connectivity index (χ3n) is 5.54. The van der Waals surface area contributed by atoms with Crippen LogP contribution in [0.3, 0.4) is 0 Å². The third-order valence-corrected chi connectivity index (χ3v) is 5.54. The van der Waals surface area contributed by atoms with E-state index in [0.29, 0.717) is 22.9 Å². The molecule has 7 heteroatoms. The van der Waals surface area contributed by atoms with Crippen molar-refractivity contribution in [3.8, 4) is 22.9 Å². The van der Waals surface area contributed by atoms with Gasteiger partial charge in [0.25, 0.3) is 5.91 Å². The number of nitrogens with zero attached hydrogens (tertiary/aromatic N) is 3. The minimum atomic E-state index is -0.177. The van der Waals surface area contributed by atoms with Gasteiger partial charge in [0, 0.05) is 36.1 Å². The fourth-order valence-electron chi connectivity index (χ4n) is 3.80. The van der Waals surface area contributed by atoms with E-state index in [-0.39, 0.29) is 5.91 Å². The molecule has 168 valence electrons. The number of anilines is 1. The first-order chi connectivity index (χ1) is 16.6. The van der Waals surface area contributed by atoms with E-state index in [1.165, 1.54) is 0 Å². The number of aromatic nitrogens is 4. The van der Waals surface area contributed by atoms with Crippen molar-refractivity contribution in [1.82, 2.24) is 19.9 Å². The number of ether oxygens (including phenoxy) is 1. The van der Waals surface area contributed by atoms with E-state index in [0.717, 1.165) is 40.0 Å². The van der Waals surface area contributed by atoms with Crippen LogP contribution >= 0.6 is 0 Å². The van der Waals surface area contributed by atoms with Crippen molar-refractivity contribution in [2.24, 2.45) is 0 Å². The Labute approximate surface area is 196 Å². The number of carbonyl (C=O) groups is 1. The molecule has 5 rings (SSSR count). The van der Waals surface area contributed by atoms with Crippen molar-refractivity contribution >= 4 is 22.5 Å². The average Bonchev–Trinajstić information content (AvgIpc) is 3.35. The minimum absolute atomic E-state index is 0.177. The molecule has 0 aliphatic carbocycles. The zero-order chi connectivity index (χ0) is 23.5. The number of aromatic amines is 1. The first kappa shape index (κ1) is 21.3. The quantitative estimate of drug-likeness (QED) is 0.335. The van der Waals surface area contributed by atoms with E-state index >= 15 is 0 Å². The Morgan fingerprint density at radius 3 is 2.79 bits per heavy atom. The van der Waals surface area contributed by atoms with Crippen LogP contribution in [-0.4, -0.2) is 25.8 Å². The Hall–Kier alpha value is -4.52. The van der Waals surface area contributed by atoms with E-state index < -0.39 is 0 Å². The number of pyridine rings is 1. The first-order valence-corrected chi connectivity index (χ1v) is 11.1. The van der Waals surface area contributed by atoms with Gasteiger partial charge in [-0.3, -0.25) is 4.79 Å². The number of H-pyrrole nitrogens is 1. The monoisotopic (exact) mass is 449 g/mol. The molecular weight excluding hydrogens is 426 g/mol. The Bertz CT molecular complexity index is 1490. The molecule has 0 bridgehead atoms. The van der Waals surface area contributed by atoms with E-state index in [9.17, 15) is 4.79 Å². The second kappa shape index (κ2) is 9.15. The molecule has 0 saturated carbocycles. The van der Waals surface area contributed by atoms with Gasteiger partial charge in [-0.25, -0.2) is 15.0 Å². The van der Waals surface area contributed by atoms with Gasteiger partial charge >= 0.3 is 0 Å². The summed E-state index contributed by atoms with van der Waals surface area (Å²) >= 11 is 0. The van der Waals surface area contributed by atoms with Crippen LogP contribution in [0, 0.1) is 6.92 Å². The smallest absolute Gasteiger partial charge is 0.257 e. The molecule has 0 fully saturated rings. The van der Waals surface area contributed by atoms with Crippen molar-refractivity contribution in [1.29, 1.82) is 0 Å². The summed E-state index contributed by atoms with van der Waals surface area (Å²) < 4.78 is 6.17. The number of benzene rings is 2. The van der Waals surface area contributed by atoms with E-state index in [1.807, 2.05) is 74.6 Å². The molecular formula is C27H23N5O2. The SMILES string of the molecule is CCc1nccc(-c2cccnc2Oc2ccc(NC(=O)c3cccc4cc[nH]c34)cc2C)n1. The maximum atomic E-state index is 12.9. The van der Waals surface area contributed by atoms with Gasteiger partial charge < -0.3 is 15.0 Å². The molecule has 0 atom stereocenters. The second-order valence-corrected chi connectivity index (χ2v) is 7.85. The molecule has 0 aliphatic heterocycles. The highest BCUT2D eigenvalue weighted by Gasteiger charge is 2.14. The fraction of sp³-hybridized carbons (Fsp3) is 0.111. The van der Waals surface area contributed by atoms with Crippen molar-refractivity contribution in [3.63, 3.8) is 0 Å². The molecule has 0 unspecified atom stereocenters. The Morgan fingerprint density at radius 2 is 1.94 bits per heavy atom. The standard InChI is InChI=1S/C27H23N5O2/c1-3-24-28-15-12-22(32-24)20-8-5-13-30-27(20)34-23-10-9-19(16-17(23)2)31-26(33)21-7-4-6-18-11-14-29-25(18)21/h4-16,29H,3H2,1-2H3,(H,31,33). The lowest BCUT2D eigenvalue weighted by molar-refractivity contribution is 0.102. The van der Waals surface area contributed by atoms with Crippen molar-refractivity contribution in [3.05, 3.63) is 96.2 Å². The lowest BCUT2D eigenvalue weighted by Crippen LogP contribution is -2.12. The summed E-state index contributed by atoms with van der Waals surface area (Å²) in [4.78, 5) is 29.3. The number of carbonyl (C=O) groups excluding carboxylic acids is 1. The zero-order valence-corrected chi connectivity index (χ0v) is 18.9. The summed E-state index contributed by atoms with van der Waals surface area (Å²) in [6.45, 7) is 3.95. The summed E-state index contributed by atoms with van der Waals surface area (Å²) in [7, 11) is 0. The highest BCUT2D eigenvalue weighted by molar-refractivity contribution is 6.12. The molecule has 34 heavy (non-hydrogen) atoms. The van der Waals surface area contributed by atoms with Crippen LogP contribution in [0.5, 0.6) is 11.6 Å². The lowest BCUT2D eigenvalue weighted by atomic mass is 10.1. The predicted octanol–water partition coefficient (Wildman–Crippen LogP) is 5.94. The van der Waals surface area contributed by atoms with Gasteiger partial charge in [0.1, 0.15) is 11.6 Å². The minimum Gasteiger partial charge on any atom is -0.438 e. The Kier molecular flexibility index (Phi) is 5.74. The fourth-order valence-corrected chi connectivity index (χ4v) is 3.80. The van der Waals surface area contributed by atoms with Crippen LogP contribution < -0.4 is 10.1 Å². The molecule has 0 radical (unpaired) electrons. The van der Waals surface area contributed by atoms with Crippen LogP contribution in [0.2, 0.25) is 0 Å². The normalized spacial score (nSPS) is 10.9. The summed E-state index contributed by atoms with van der Waals surface area (Å²) in [5.74, 6) is 1.69. The Morgan fingerprint density at radius 1 is 1.03 bits per heavy atom. The third kappa shape index (κ3) is 4.23. The number of para-hydroxylation sites is 1. The molecule has 0 saturated heterocycles. The molecule has 2 N–H and O–H groups in total. The molecule has 3 heterocycles. The van der Waals surface area contributed by atoms with Gasteiger partial charge in [-0.2, -0.15) is 0 Å². The molecule has 3 aromatic heterocycles. The number of aryl methyl sites for hydroxylation is 2. The van der Waals surface area contributed by atoms with Crippen molar-refractivity contribution in [2.45, 2.75) is 20.3 Å².